The minimum absolute atomic E-state index is 0.0477. The number of rotatable bonds is 4. The molecule has 0 bridgehead atoms. The lowest BCUT2D eigenvalue weighted by Crippen LogP contribution is -2.41. The van der Waals surface area contributed by atoms with Crippen LogP contribution in [0.25, 0.3) is 10.2 Å². The van der Waals surface area contributed by atoms with Crippen LogP contribution in [0.5, 0.6) is 11.1 Å². The highest BCUT2D eigenvalue weighted by atomic mass is 32.1. The molecule has 1 aliphatic heterocycles. The maximum Gasteiger partial charge on any atom is 0.274 e. The Morgan fingerprint density at radius 3 is 2.81 bits per heavy atom. The average Bonchev–Trinajstić information content (AvgIpc) is 3.25. The summed E-state index contributed by atoms with van der Waals surface area (Å²) in [7, 11) is 3.25. The summed E-state index contributed by atoms with van der Waals surface area (Å²) in [6, 6.07) is 4.88. The van der Waals surface area contributed by atoms with Gasteiger partial charge in [-0.1, -0.05) is 17.4 Å². The number of methoxy groups -OCH3 is 1. The van der Waals surface area contributed by atoms with Crippen molar-refractivity contribution in [1.82, 2.24) is 19.7 Å². The van der Waals surface area contributed by atoms with Gasteiger partial charge in [-0.25, -0.2) is 4.39 Å². The Bertz CT molecular complexity index is 978. The molecule has 0 spiro atoms. The summed E-state index contributed by atoms with van der Waals surface area (Å²) in [6.45, 7) is 1.14. The number of halogens is 1. The Labute approximate surface area is 159 Å². The van der Waals surface area contributed by atoms with Crippen molar-refractivity contribution in [2.45, 2.75) is 18.9 Å². The first-order valence-corrected chi connectivity index (χ1v) is 9.45. The number of carbonyl (C=O) groups excluding carboxylic acids is 1. The van der Waals surface area contributed by atoms with Crippen LogP contribution in [-0.2, 0) is 7.05 Å². The van der Waals surface area contributed by atoms with Gasteiger partial charge < -0.3 is 14.4 Å². The number of hydrogen-bond acceptors (Lipinski definition) is 6. The van der Waals surface area contributed by atoms with E-state index in [-0.39, 0.29) is 17.8 Å². The molecule has 4 rings (SSSR count). The van der Waals surface area contributed by atoms with Gasteiger partial charge in [0.2, 0.25) is 5.88 Å². The quantitative estimate of drug-likeness (QED) is 0.685. The highest BCUT2D eigenvalue weighted by molar-refractivity contribution is 7.20. The predicted molar refractivity (Wildman–Crippen MR) is 98.9 cm³/mol. The van der Waals surface area contributed by atoms with Gasteiger partial charge in [0.05, 0.1) is 11.8 Å². The monoisotopic (exact) mass is 390 g/mol. The van der Waals surface area contributed by atoms with Crippen molar-refractivity contribution in [3.05, 3.63) is 35.8 Å². The number of ether oxygens (including phenoxy) is 2. The van der Waals surface area contributed by atoms with Crippen LogP contribution in [-0.4, -0.2) is 51.9 Å². The third kappa shape index (κ3) is 3.46. The van der Waals surface area contributed by atoms with Crippen LogP contribution in [0, 0.1) is 5.82 Å². The molecule has 1 amide bonds. The molecule has 9 heteroatoms. The Morgan fingerprint density at radius 2 is 2.11 bits per heavy atom. The summed E-state index contributed by atoms with van der Waals surface area (Å²) in [4.78, 5) is 18.7. The van der Waals surface area contributed by atoms with Gasteiger partial charge in [0.1, 0.15) is 23.0 Å². The van der Waals surface area contributed by atoms with E-state index in [1.165, 1.54) is 24.5 Å². The first-order chi connectivity index (χ1) is 13.0. The summed E-state index contributed by atoms with van der Waals surface area (Å²) < 4.78 is 27.2. The summed E-state index contributed by atoms with van der Waals surface area (Å²) in [5.74, 6) is -0.109. The van der Waals surface area contributed by atoms with Gasteiger partial charge >= 0.3 is 0 Å². The molecule has 0 atom stereocenters. The van der Waals surface area contributed by atoms with E-state index in [2.05, 4.69) is 10.1 Å². The number of nitrogens with zero attached hydrogens (tertiary/aromatic N) is 4. The molecule has 1 aliphatic rings. The van der Waals surface area contributed by atoms with Crippen molar-refractivity contribution in [1.29, 1.82) is 0 Å². The number of likely N-dealkylation sites (tertiary alicyclic amines) is 1. The van der Waals surface area contributed by atoms with Gasteiger partial charge in [0.15, 0.2) is 0 Å². The number of piperidine rings is 1. The molecule has 1 aromatic carbocycles. The first-order valence-electron chi connectivity index (χ1n) is 8.64. The first kappa shape index (κ1) is 17.7. The minimum Gasteiger partial charge on any atom is -0.479 e. The van der Waals surface area contributed by atoms with Gasteiger partial charge in [-0.15, -0.1) is 5.10 Å². The second kappa shape index (κ2) is 7.15. The van der Waals surface area contributed by atoms with Crippen LogP contribution in [0.2, 0.25) is 0 Å². The van der Waals surface area contributed by atoms with Gasteiger partial charge in [-0.05, 0) is 12.1 Å². The topological polar surface area (TPSA) is 69.5 Å². The zero-order valence-corrected chi connectivity index (χ0v) is 15.8. The number of fused-ring (bicyclic) bond motifs is 1. The smallest absolute Gasteiger partial charge is 0.274 e. The summed E-state index contributed by atoms with van der Waals surface area (Å²) in [5, 5.41) is 4.59. The number of hydrogen-bond donors (Lipinski definition) is 0. The van der Waals surface area contributed by atoms with Gasteiger partial charge in [-0.2, -0.15) is 4.98 Å². The molecule has 0 unspecified atom stereocenters. The Kier molecular flexibility index (Phi) is 4.69. The third-order valence-electron chi connectivity index (χ3n) is 4.57. The second-order valence-corrected chi connectivity index (χ2v) is 7.39. The van der Waals surface area contributed by atoms with E-state index in [4.69, 9.17) is 9.47 Å². The molecule has 1 fully saturated rings. The van der Waals surface area contributed by atoms with Crippen molar-refractivity contribution in [2.24, 2.45) is 7.05 Å². The van der Waals surface area contributed by atoms with Crippen LogP contribution in [0.1, 0.15) is 23.2 Å². The van der Waals surface area contributed by atoms with E-state index in [1.807, 2.05) is 6.07 Å². The molecule has 0 saturated carbocycles. The SMILES string of the molecule is COc1nn(C)cc1C(=O)N1CCC(Oc2nc3c(F)cccc3s2)CC1. The molecule has 0 N–H and O–H groups in total. The molecular weight excluding hydrogens is 371 g/mol. The van der Waals surface area contributed by atoms with E-state index in [0.717, 1.165) is 4.70 Å². The highest BCUT2D eigenvalue weighted by Crippen LogP contribution is 2.31. The van der Waals surface area contributed by atoms with E-state index in [0.29, 0.717) is 48.1 Å². The lowest BCUT2D eigenvalue weighted by Gasteiger charge is -2.31. The van der Waals surface area contributed by atoms with E-state index >= 15 is 0 Å². The number of thiazole rings is 1. The lowest BCUT2D eigenvalue weighted by molar-refractivity contribution is 0.0592. The molecule has 0 radical (unpaired) electrons. The number of carbonyl (C=O) groups is 1. The standard InChI is InChI=1S/C18H19FN4O3S/c1-22-10-12(16(21-22)25-2)17(24)23-8-6-11(7-9-23)26-18-20-15-13(19)4-3-5-14(15)27-18/h3-5,10-11H,6-9H2,1-2H3. The highest BCUT2D eigenvalue weighted by Gasteiger charge is 2.28. The maximum absolute atomic E-state index is 13.8. The second-order valence-electron chi connectivity index (χ2n) is 6.40. The molecule has 3 aromatic rings. The number of benzene rings is 1. The fourth-order valence-electron chi connectivity index (χ4n) is 3.20. The fraction of sp³-hybridized carbons (Fsp3) is 0.389. The molecule has 1 saturated heterocycles. The number of aromatic nitrogens is 3. The van der Waals surface area contributed by atoms with Crippen LogP contribution >= 0.6 is 11.3 Å². The van der Waals surface area contributed by atoms with Crippen LogP contribution in [0.4, 0.5) is 4.39 Å². The van der Waals surface area contributed by atoms with Gasteiger partial charge in [0, 0.05) is 39.2 Å². The van der Waals surface area contributed by atoms with E-state index in [9.17, 15) is 9.18 Å². The van der Waals surface area contributed by atoms with Crippen molar-refractivity contribution in [3.8, 4) is 11.1 Å². The third-order valence-corrected chi connectivity index (χ3v) is 5.48. The average molecular weight is 390 g/mol. The van der Waals surface area contributed by atoms with Gasteiger partial charge in [-0.3, -0.25) is 9.48 Å². The zero-order valence-electron chi connectivity index (χ0n) is 15.0. The number of para-hydroxylation sites is 1. The molecule has 3 heterocycles. The van der Waals surface area contributed by atoms with Crippen LogP contribution in [0.15, 0.2) is 24.4 Å². The van der Waals surface area contributed by atoms with E-state index in [1.54, 1.807) is 28.9 Å². The largest absolute Gasteiger partial charge is 0.479 e. The predicted octanol–water partition coefficient (Wildman–Crippen LogP) is 2.86. The molecule has 27 heavy (non-hydrogen) atoms. The lowest BCUT2D eigenvalue weighted by atomic mass is 10.1. The van der Waals surface area contributed by atoms with Crippen molar-refractivity contribution in [2.75, 3.05) is 20.2 Å². The van der Waals surface area contributed by atoms with E-state index < -0.39 is 0 Å². The molecule has 2 aromatic heterocycles. The Balaban J connectivity index is 1.39. The summed E-state index contributed by atoms with van der Waals surface area (Å²) in [5.41, 5.74) is 0.801. The summed E-state index contributed by atoms with van der Waals surface area (Å²) >= 11 is 1.34. The molecule has 142 valence electrons. The van der Waals surface area contributed by atoms with Crippen LogP contribution in [0.3, 0.4) is 0 Å². The molecule has 7 nitrogen and oxygen atoms in total. The Hall–Kier alpha value is -2.68. The number of aryl methyl sites for hydroxylation is 1. The molecular formula is C18H19FN4O3S. The maximum atomic E-state index is 13.8. The Morgan fingerprint density at radius 1 is 1.33 bits per heavy atom. The van der Waals surface area contributed by atoms with Crippen LogP contribution < -0.4 is 9.47 Å². The normalized spacial score (nSPS) is 15.3. The zero-order chi connectivity index (χ0) is 19.0. The summed E-state index contributed by atoms with van der Waals surface area (Å²) in [6.07, 6.45) is 2.99. The van der Waals surface area contributed by atoms with Gasteiger partial charge in [0.25, 0.3) is 11.1 Å². The van der Waals surface area contributed by atoms with Crippen molar-refractivity contribution >= 4 is 27.5 Å². The number of amides is 1. The van der Waals surface area contributed by atoms with Crippen molar-refractivity contribution in [3.63, 3.8) is 0 Å². The minimum atomic E-state index is -0.343. The molecule has 0 aliphatic carbocycles. The van der Waals surface area contributed by atoms with Crippen molar-refractivity contribution < 1.29 is 18.7 Å². The fourth-order valence-corrected chi connectivity index (χ4v) is 4.10.